The molecular formula is C28H70AlBO10Ti. The van der Waals surface area contributed by atoms with Crippen LogP contribution >= 0.6 is 0 Å². The molecule has 4 N–H and O–H groups in total. The summed E-state index contributed by atoms with van der Waals surface area (Å²) < 4.78 is 30.5. The summed E-state index contributed by atoms with van der Waals surface area (Å²) in [5.74, 6) is 0. The Morgan fingerprint density at radius 1 is 0.488 bits per heavy atom. The van der Waals surface area contributed by atoms with Crippen LogP contribution in [-0.2, 0) is 47.0 Å². The minimum atomic E-state index is -1.91. The molecule has 0 bridgehead atoms. The molecule has 41 heavy (non-hydrogen) atoms. The van der Waals surface area contributed by atoms with Crippen molar-refractivity contribution in [2.45, 2.75) is 139 Å². The number of unbranched alkanes of at least 4 members (excludes halogenated alkanes) is 4. The van der Waals surface area contributed by atoms with Crippen molar-refractivity contribution < 1.29 is 67.5 Å². The van der Waals surface area contributed by atoms with Crippen molar-refractivity contribution in [3.05, 3.63) is 0 Å². The van der Waals surface area contributed by atoms with Crippen LogP contribution in [0.1, 0.15) is 121 Å². The predicted molar refractivity (Wildman–Crippen MR) is 169 cm³/mol. The molecule has 0 spiro atoms. The second-order valence-corrected chi connectivity index (χ2v) is 10.5. The molecular weight excluding hydrogens is 582 g/mol. The van der Waals surface area contributed by atoms with Gasteiger partial charge in [-0.2, -0.15) is 0 Å². The molecule has 252 valence electrons. The fourth-order valence-electron chi connectivity index (χ4n) is 1.68. The second kappa shape index (κ2) is 56.7. The van der Waals surface area contributed by atoms with E-state index in [0.717, 1.165) is 51.4 Å². The zero-order valence-electron chi connectivity index (χ0n) is 29.1. The van der Waals surface area contributed by atoms with Gasteiger partial charge in [0, 0.05) is 87.8 Å². The summed E-state index contributed by atoms with van der Waals surface area (Å²) in [6.45, 7) is 21.5. The molecule has 0 aliphatic heterocycles. The van der Waals surface area contributed by atoms with Crippen molar-refractivity contribution in [2.75, 3.05) is 47.8 Å². The van der Waals surface area contributed by atoms with Crippen LogP contribution in [0.3, 0.4) is 0 Å². The Hall–Kier alpha value is 0.912. The topological polar surface area (TPSA) is 136 Å². The van der Waals surface area contributed by atoms with E-state index >= 15 is 0 Å². The summed E-state index contributed by atoms with van der Waals surface area (Å²) in [6, 6.07) is 0. The van der Waals surface area contributed by atoms with Gasteiger partial charge >= 0.3 is 22.5 Å². The molecule has 10 nitrogen and oxygen atoms in total. The molecule has 0 amide bonds. The van der Waals surface area contributed by atoms with Crippen molar-refractivity contribution >= 4 is 22.5 Å². The fraction of sp³-hybridized carbons (Fsp3) is 1.00. The Morgan fingerprint density at radius 3 is 0.732 bits per heavy atom. The van der Waals surface area contributed by atoms with Gasteiger partial charge in [-0.15, -0.1) is 0 Å². The summed E-state index contributed by atoms with van der Waals surface area (Å²) >= 11 is -1.91. The average molecular weight is 653 g/mol. The van der Waals surface area contributed by atoms with Crippen LogP contribution in [0.5, 0.6) is 0 Å². The SMILES string of the molecule is CC(C)[O][Al]([O]C(C)C)[O]C(C)C.CCCCO.CCCCO.CCCCO.CCCCO.COB(OC)OC.[Ti]. The van der Waals surface area contributed by atoms with Gasteiger partial charge in [0.15, 0.2) is 0 Å². The third kappa shape index (κ3) is 85.5. The Labute approximate surface area is 275 Å². The molecule has 0 unspecified atom stereocenters. The quantitative estimate of drug-likeness (QED) is 0.154. The molecule has 0 aliphatic carbocycles. The van der Waals surface area contributed by atoms with Crippen molar-refractivity contribution in [3.8, 4) is 0 Å². The molecule has 0 aromatic carbocycles. The molecule has 0 heterocycles. The minimum Gasteiger partial charge on any atom is -0.452 e. The van der Waals surface area contributed by atoms with Gasteiger partial charge in [-0.05, 0) is 67.2 Å². The van der Waals surface area contributed by atoms with E-state index in [1.807, 2.05) is 41.5 Å². The van der Waals surface area contributed by atoms with E-state index in [1.165, 1.54) is 21.3 Å². The number of aliphatic hydroxyl groups excluding tert-OH is 4. The molecule has 0 atom stereocenters. The molecule has 0 saturated carbocycles. The Morgan fingerprint density at radius 2 is 0.683 bits per heavy atom. The second-order valence-electron chi connectivity index (χ2n) is 9.15. The molecule has 0 rings (SSSR count). The van der Waals surface area contributed by atoms with Crippen molar-refractivity contribution in [1.82, 2.24) is 0 Å². The molecule has 0 radical (unpaired) electrons. The first-order valence-electron chi connectivity index (χ1n) is 14.9. The summed E-state index contributed by atoms with van der Waals surface area (Å²) in [4.78, 5) is 0. The van der Waals surface area contributed by atoms with Gasteiger partial charge in [-0.3, -0.25) is 0 Å². The maximum atomic E-state index is 8.07. The zero-order valence-corrected chi connectivity index (χ0v) is 31.8. The van der Waals surface area contributed by atoms with Gasteiger partial charge in [0.1, 0.15) is 0 Å². The molecule has 0 saturated heterocycles. The van der Waals surface area contributed by atoms with Crippen LogP contribution in [0.25, 0.3) is 0 Å². The average Bonchev–Trinajstić information content (AvgIpc) is 2.88. The number of rotatable bonds is 17. The Bertz CT molecular complexity index is 313. The third-order valence-electron chi connectivity index (χ3n) is 3.77. The summed E-state index contributed by atoms with van der Waals surface area (Å²) in [5.41, 5.74) is 0. The Kier molecular flexibility index (Phi) is 79.6. The van der Waals surface area contributed by atoms with E-state index < -0.39 is 22.5 Å². The first kappa shape index (κ1) is 57.6. The van der Waals surface area contributed by atoms with Crippen molar-refractivity contribution in [2.24, 2.45) is 0 Å². The van der Waals surface area contributed by atoms with E-state index in [4.69, 9.17) is 31.8 Å². The fourth-order valence-corrected chi connectivity index (χ4v) is 3.21. The molecule has 13 heteroatoms. The van der Waals surface area contributed by atoms with Gasteiger partial charge in [-0.25, -0.2) is 0 Å². The molecule has 0 fully saturated rings. The monoisotopic (exact) mass is 652 g/mol. The van der Waals surface area contributed by atoms with E-state index in [-0.39, 0.29) is 40.0 Å². The zero-order chi connectivity index (χ0) is 32.6. The van der Waals surface area contributed by atoms with Gasteiger partial charge in [-0.1, -0.05) is 53.4 Å². The van der Waals surface area contributed by atoms with Crippen LogP contribution in [-0.4, -0.2) is 109 Å². The van der Waals surface area contributed by atoms with Crippen molar-refractivity contribution in [3.63, 3.8) is 0 Å². The summed E-state index contributed by atoms with van der Waals surface area (Å²) in [5, 5.41) is 32.3. The van der Waals surface area contributed by atoms with Crippen LogP contribution in [0.2, 0.25) is 0 Å². The number of hydrogen-bond donors (Lipinski definition) is 4. The normalized spacial score (nSPS) is 9.37. The van der Waals surface area contributed by atoms with Crippen molar-refractivity contribution in [1.29, 1.82) is 0 Å². The van der Waals surface area contributed by atoms with Crippen LogP contribution in [0.4, 0.5) is 0 Å². The van der Waals surface area contributed by atoms with Gasteiger partial charge < -0.3 is 45.8 Å². The summed E-state index contributed by atoms with van der Waals surface area (Å²) in [7, 11) is 4.02. The summed E-state index contributed by atoms with van der Waals surface area (Å²) in [6.07, 6.45) is 8.68. The largest absolute Gasteiger partial charge is 0.906 e. The van der Waals surface area contributed by atoms with Gasteiger partial charge in [0.25, 0.3) is 0 Å². The van der Waals surface area contributed by atoms with Crippen LogP contribution in [0, 0.1) is 0 Å². The minimum absolute atomic E-state index is 0. The van der Waals surface area contributed by atoms with E-state index in [1.54, 1.807) is 0 Å². The maximum absolute atomic E-state index is 8.07. The van der Waals surface area contributed by atoms with Gasteiger partial charge in [0.05, 0.1) is 0 Å². The first-order chi connectivity index (χ1) is 18.9. The molecule has 0 aliphatic rings. The molecule has 0 aromatic rings. The Balaban J connectivity index is -0.0000000714. The maximum Gasteiger partial charge on any atom is 0.906 e. The van der Waals surface area contributed by atoms with Crippen LogP contribution in [0.15, 0.2) is 0 Å². The van der Waals surface area contributed by atoms with Gasteiger partial charge in [0.2, 0.25) is 0 Å². The van der Waals surface area contributed by atoms with E-state index in [2.05, 4.69) is 41.7 Å². The first-order valence-corrected chi connectivity index (χ1v) is 16.3. The smallest absolute Gasteiger partial charge is 0.452 e. The number of aliphatic hydroxyl groups is 4. The van der Waals surface area contributed by atoms with E-state index in [9.17, 15) is 0 Å². The van der Waals surface area contributed by atoms with E-state index in [0.29, 0.717) is 26.4 Å². The molecule has 0 aromatic heterocycles. The number of hydrogen-bond acceptors (Lipinski definition) is 10. The third-order valence-corrected chi connectivity index (χ3v) is 6.07. The predicted octanol–water partition coefficient (Wildman–Crippen LogP) is 5.27. The van der Waals surface area contributed by atoms with Crippen LogP contribution < -0.4 is 0 Å². The standard InChI is InChI=1S/4C4H10O.C3H9BO3.3C3H7O.Al.Ti/c4*1-2-3-4-5;1-5-4(6-2)7-3;3*1-3(2)4;;/h4*5H,2-4H2,1H3;1-3H3;3*3H,1-2H3;;/q;;;;;3*-1;+3;.